The second-order valence-electron chi connectivity index (χ2n) is 3.51. The number of carbonyl (C=O) groups is 1. The molecule has 0 bridgehead atoms. The zero-order valence-electron chi connectivity index (χ0n) is 7.95. The minimum absolute atomic E-state index is 0.326. The highest BCUT2D eigenvalue weighted by molar-refractivity contribution is 5.90. The molecule has 0 atom stereocenters. The van der Waals surface area contributed by atoms with Crippen LogP contribution in [-0.4, -0.2) is 10.9 Å². The Morgan fingerprint density at radius 3 is 2.62 bits per heavy atom. The Bertz CT molecular complexity index is 290. The van der Waals surface area contributed by atoms with E-state index in [0.717, 1.165) is 12.0 Å². The zero-order valence-corrected chi connectivity index (χ0v) is 7.95. The highest BCUT2D eigenvalue weighted by Gasteiger charge is 2.02. The fourth-order valence-corrected chi connectivity index (χ4v) is 1.16. The summed E-state index contributed by atoms with van der Waals surface area (Å²) in [6, 6.07) is 3.56. The van der Waals surface area contributed by atoms with Crippen molar-refractivity contribution in [2.45, 2.75) is 20.3 Å². The summed E-state index contributed by atoms with van der Waals surface area (Å²) in [4.78, 5) is 14.7. The second-order valence-corrected chi connectivity index (χ2v) is 3.51. The molecule has 2 N–H and O–H groups in total. The van der Waals surface area contributed by atoms with Crippen molar-refractivity contribution in [3.05, 3.63) is 29.6 Å². The number of hydrogen-bond donors (Lipinski definition) is 1. The molecule has 3 nitrogen and oxygen atoms in total. The highest BCUT2D eigenvalue weighted by Crippen LogP contribution is 2.06. The highest BCUT2D eigenvalue weighted by atomic mass is 16.1. The number of rotatable bonds is 3. The molecular weight excluding hydrogens is 164 g/mol. The number of aromatic nitrogens is 1. The SMILES string of the molecule is CC(C)Cc1ccc(C(N)=O)nc1. The molecule has 0 saturated carbocycles. The second kappa shape index (κ2) is 4.03. The van der Waals surface area contributed by atoms with Gasteiger partial charge in [0.2, 0.25) is 0 Å². The maximum atomic E-state index is 10.7. The van der Waals surface area contributed by atoms with Crippen LogP contribution in [0.3, 0.4) is 0 Å². The molecule has 0 aromatic carbocycles. The fraction of sp³-hybridized carbons (Fsp3) is 0.400. The van der Waals surface area contributed by atoms with Gasteiger partial charge in [-0.25, -0.2) is 0 Å². The number of carbonyl (C=O) groups excluding carboxylic acids is 1. The van der Waals surface area contributed by atoms with Crippen molar-refractivity contribution in [3.8, 4) is 0 Å². The first-order chi connectivity index (χ1) is 6.09. The summed E-state index contributed by atoms with van der Waals surface area (Å²) in [7, 11) is 0. The van der Waals surface area contributed by atoms with Crippen LogP contribution in [-0.2, 0) is 6.42 Å². The van der Waals surface area contributed by atoms with E-state index in [0.29, 0.717) is 11.6 Å². The van der Waals surface area contributed by atoms with Crippen molar-refractivity contribution in [1.82, 2.24) is 4.98 Å². The minimum atomic E-state index is -0.476. The Hall–Kier alpha value is -1.38. The van der Waals surface area contributed by atoms with E-state index in [-0.39, 0.29) is 0 Å². The Kier molecular flexibility index (Phi) is 3.01. The van der Waals surface area contributed by atoms with Crippen molar-refractivity contribution in [2.24, 2.45) is 11.7 Å². The van der Waals surface area contributed by atoms with Crippen LogP contribution < -0.4 is 5.73 Å². The van der Waals surface area contributed by atoms with Crippen LogP contribution in [0.4, 0.5) is 0 Å². The van der Waals surface area contributed by atoms with Crippen molar-refractivity contribution in [3.63, 3.8) is 0 Å². The molecule has 0 aliphatic carbocycles. The number of nitrogens with zero attached hydrogens (tertiary/aromatic N) is 1. The molecule has 1 rings (SSSR count). The summed E-state index contributed by atoms with van der Waals surface area (Å²) >= 11 is 0. The van der Waals surface area contributed by atoms with Gasteiger partial charge in [-0.15, -0.1) is 0 Å². The van der Waals surface area contributed by atoms with Gasteiger partial charge in [0, 0.05) is 6.20 Å². The predicted octanol–water partition coefficient (Wildman–Crippen LogP) is 1.38. The van der Waals surface area contributed by atoms with Gasteiger partial charge in [-0.2, -0.15) is 0 Å². The number of amides is 1. The van der Waals surface area contributed by atoms with E-state index in [9.17, 15) is 4.79 Å². The van der Waals surface area contributed by atoms with Crippen molar-refractivity contribution in [1.29, 1.82) is 0 Å². The average molecular weight is 178 g/mol. The van der Waals surface area contributed by atoms with Gasteiger partial charge in [-0.1, -0.05) is 19.9 Å². The molecule has 0 fully saturated rings. The average Bonchev–Trinajstić information content (AvgIpc) is 2.04. The number of hydrogen-bond acceptors (Lipinski definition) is 2. The van der Waals surface area contributed by atoms with E-state index in [2.05, 4.69) is 18.8 Å². The maximum absolute atomic E-state index is 10.7. The first kappa shape index (κ1) is 9.71. The molecule has 13 heavy (non-hydrogen) atoms. The summed E-state index contributed by atoms with van der Waals surface area (Å²) in [5, 5.41) is 0. The van der Waals surface area contributed by atoms with Gasteiger partial charge in [0.25, 0.3) is 5.91 Å². The standard InChI is InChI=1S/C10H14N2O/c1-7(2)5-8-3-4-9(10(11)13)12-6-8/h3-4,6-7H,5H2,1-2H3,(H2,11,13). The largest absolute Gasteiger partial charge is 0.364 e. The molecule has 0 radical (unpaired) electrons. The summed E-state index contributed by atoms with van der Waals surface area (Å²) in [6.07, 6.45) is 2.69. The van der Waals surface area contributed by atoms with Gasteiger partial charge in [-0.3, -0.25) is 9.78 Å². The smallest absolute Gasteiger partial charge is 0.267 e. The van der Waals surface area contributed by atoms with E-state index in [1.807, 2.05) is 6.07 Å². The van der Waals surface area contributed by atoms with E-state index in [4.69, 9.17) is 5.73 Å². The third kappa shape index (κ3) is 2.86. The summed E-state index contributed by atoms with van der Waals surface area (Å²) in [5.74, 6) is 0.123. The van der Waals surface area contributed by atoms with Crippen LogP contribution in [0.2, 0.25) is 0 Å². The number of nitrogens with two attached hydrogens (primary N) is 1. The fourth-order valence-electron chi connectivity index (χ4n) is 1.16. The van der Waals surface area contributed by atoms with Crippen LogP contribution in [0.1, 0.15) is 29.9 Å². The minimum Gasteiger partial charge on any atom is -0.364 e. The van der Waals surface area contributed by atoms with Gasteiger partial charge in [-0.05, 0) is 24.0 Å². The summed E-state index contributed by atoms with van der Waals surface area (Å²) in [5.41, 5.74) is 6.53. The monoisotopic (exact) mass is 178 g/mol. The molecule has 0 aliphatic rings. The predicted molar refractivity (Wildman–Crippen MR) is 51.3 cm³/mol. The lowest BCUT2D eigenvalue weighted by molar-refractivity contribution is 0.0995. The third-order valence-electron chi connectivity index (χ3n) is 1.72. The van der Waals surface area contributed by atoms with Gasteiger partial charge < -0.3 is 5.73 Å². The molecule has 1 heterocycles. The Balaban J connectivity index is 2.75. The van der Waals surface area contributed by atoms with Crippen molar-refractivity contribution >= 4 is 5.91 Å². The molecule has 0 saturated heterocycles. The Morgan fingerprint density at radius 1 is 1.54 bits per heavy atom. The molecule has 0 aliphatic heterocycles. The number of primary amides is 1. The Labute approximate surface area is 78.0 Å². The lowest BCUT2D eigenvalue weighted by Crippen LogP contribution is -2.12. The zero-order chi connectivity index (χ0) is 9.84. The lowest BCUT2D eigenvalue weighted by Gasteiger charge is -2.03. The quantitative estimate of drug-likeness (QED) is 0.760. The topological polar surface area (TPSA) is 56.0 Å². The van der Waals surface area contributed by atoms with Crippen LogP contribution in [0, 0.1) is 5.92 Å². The lowest BCUT2D eigenvalue weighted by atomic mass is 10.0. The van der Waals surface area contributed by atoms with Gasteiger partial charge in [0.15, 0.2) is 0 Å². The third-order valence-corrected chi connectivity index (χ3v) is 1.72. The molecule has 3 heteroatoms. The molecule has 1 aromatic rings. The van der Waals surface area contributed by atoms with E-state index < -0.39 is 5.91 Å². The molecule has 0 unspecified atom stereocenters. The first-order valence-corrected chi connectivity index (χ1v) is 4.34. The van der Waals surface area contributed by atoms with E-state index in [1.165, 1.54) is 0 Å². The van der Waals surface area contributed by atoms with Crippen molar-refractivity contribution < 1.29 is 4.79 Å². The summed E-state index contributed by atoms with van der Waals surface area (Å²) in [6.45, 7) is 4.28. The van der Waals surface area contributed by atoms with E-state index in [1.54, 1.807) is 12.3 Å². The normalized spacial score (nSPS) is 10.4. The van der Waals surface area contributed by atoms with Crippen LogP contribution in [0.25, 0.3) is 0 Å². The molecule has 70 valence electrons. The van der Waals surface area contributed by atoms with Crippen LogP contribution in [0.5, 0.6) is 0 Å². The molecular formula is C10H14N2O. The molecule has 0 spiro atoms. The first-order valence-electron chi connectivity index (χ1n) is 4.34. The maximum Gasteiger partial charge on any atom is 0.267 e. The van der Waals surface area contributed by atoms with E-state index >= 15 is 0 Å². The summed E-state index contributed by atoms with van der Waals surface area (Å²) < 4.78 is 0. The van der Waals surface area contributed by atoms with Crippen LogP contribution >= 0.6 is 0 Å². The molecule has 1 amide bonds. The van der Waals surface area contributed by atoms with Gasteiger partial charge in [0.1, 0.15) is 5.69 Å². The van der Waals surface area contributed by atoms with Crippen LogP contribution in [0.15, 0.2) is 18.3 Å². The number of pyridine rings is 1. The van der Waals surface area contributed by atoms with Gasteiger partial charge in [0.05, 0.1) is 0 Å². The Morgan fingerprint density at radius 2 is 2.23 bits per heavy atom. The van der Waals surface area contributed by atoms with Crippen molar-refractivity contribution in [2.75, 3.05) is 0 Å². The molecule has 1 aromatic heterocycles. The van der Waals surface area contributed by atoms with Gasteiger partial charge >= 0.3 is 0 Å².